The van der Waals surface area contributed by atoms with Crippen LogP contribution in [0.2, 0.25) is 10.0 Å². The molecule has 1 atom stereocenters. The van der Waals surface area contributed by atoms with E-state index < -0.39 is 0 Å². The van der Waals surface area contributed by atoms with Gasteiger partial charge in [-0.2, -0.15) is 0 Å². The van der Waals surface area contributed by atoms with Gasteiger partial charge in [-0.15, -0.1) is 0 Å². The number of rotatable bonds is 5. The van der Waals surface area contributed by atoms with E-state index in [1.54, 1.807) is 0 Å². The highest BCUT2D eigenvalue weighted by Gasteiger charge is 2.08. The van der Waals surface area contributed by atoms with Crippen molar-refractivity contribution in [3.63, 3.8) is 0 Å². The average Bonchev–Trinajstić information content (AvgIpc) is 2.67. The molecule has 1 unspecified atom stereocenters. The maximum absolute atomic E-state index is 6.57. The van der Waals surface area contributed by atoms with Crippen molar-refractivity contribution in [2.75, 3.05) is 0 Å². The number of benzene rings is 3. The molecule has 0 radical (unpaired) electrons. The maximum Gasteiger partial charge on any atom is 0.0447 e. The molecule has 0 saturated carbocycles. The molecule has 0 aromatic heterocycles. The van der Waals surface area contributed by atoms with Gasteiger partial charge >= 0.3 is 0 Å². The van der Waals surface area contributed by atoms with Crippen molar-refractivity contribution in [2.45, 2.75) is 5.92 Å². The Morgan fingerprint density at radius 2 is 1.31 bits per heavy atom. The molecule has 3 aromatic carbocycles. The summed E-state index contributed by atoms with van der Waals surface area (Å²) in [6.45, 7) is 0. The van der Waals surface area contributed by atoms with Crippen LogP contribution in [0.15, 0.2) is 91.0 Å². The van der Waals surface area contributed by atoms with Crippen molar-refractivity contribution in [3.8, 4) is 0 Å². The highest BCUT2D eigenvalue weighted by atomic mass is 35.5. The average molecular weight is 400 g/mol. The summed E-state index contributed by atoms with van der Waals surface area (Å²) < 4.78 is 0. The molecular weight excluding hydrogens is 383 g/mol. The molecule has 0 N–H and O–H groups in total. The summed E-state index contributed by atoms with van der Waals surface area (Å²) in [6.07, 6.45) is 6.24. The molecule has 3 heteroatoms. The fraction of sp³-hybridized carbons (Fsp3) is 0.0435. The Morgan fingerprint density at radius 3 is 1.92 bits per heavy atom. The molecule has 0 nitrogen and oxygen atoms in total. The van der Waals surface area contributed by atoms with Crippen LogP contribution < -0.4 is 0 Å². The highest BCUT2D eigenvalue weighted by Crippen LogP contribution is 2.28. The van der Waals surface area contributed by atoms with Gasteiger partial charge in [-0.25, -0.2) is 0 Å². The van der Waals surface area contributed by atoms with Gasteiger partial charge in [0.1, 0.15) is 0 Å². The largest absolute Gasteiger partial charge is 0.0843 e. The van der Waals surface area contributed by atoms with E-state index in [0.717, 1.165) is 21.7 Å². The molecule has 0 aliphatic rings. The minimum absolute atomic E-state index is 0.0238. The third-order valence-electron chi connectivity index (χ3n) is 4.00. The van der Waals surface area contributed by atoms with E-state index in [-0.39, 0.29) is 5.92 Å². The zero-order chi connectivity index (χ0) is 18.4. The summed E-state index contributed by atoms with van der Waals surface area (Å²) >= 11 is 18.6. The van der Waals surface area contributed by atoms with Gasteiger partial charge in [0.2, 0.25) is 0 Å². The van der Waals surface area contributed by atoms with Crippen LogP contribution >= 0.6 is 34.8 Å². The van der Waals surface area contributed by atoms with E-state index in [9.17, 15) is 0 Å². The lowest BCUT2D eigenvalue weighted by molar-refractivity contribution is 1.09. The molecule has 3 aromatic rings. The Morgan fingerprint density at radius 1 is 0.731 bits per heavy atom. The molecule has 0 bridgehead atoms. The lowest BCUT2D eigenvalue weighted by atomic mass is 9.96. The fourth-order valence-corrected chi connectivity index (χ4v) is 3.10. The van der Waals surface area contributed by atoms with E-state index in [0.29, 0.717) is 10.1 Å². The molecule has 130 valence electrons. The second-order valence-corrected chi connectivity index (χ2v) is 7.15. The Hall–Kier alpha value is -1.99. The molecule has 0 spiro atoms. The van der Waals surface area contributed by atoms with E-state index in [4.69, 9.17) is 34.8 Å². The predicted octanol–water partition coefficient (Wildman–Crippen LogP) is 8.07. The SMILES string of the molecule is Cl/C(=C/C(/C=C/c1ccc(Cl)cc1)c1ccc(Cl)cc1)c1ccccc1. The molecule has 0 aliphatic carbocycles. The molecule has 3 rings (SSSR count). The topological polar surface area (TPSA) is 0 Å². The van der Waals surface area contributed by atoms with Gasteiger partial charge in [-0.1, -0.05) is 108 Å². The van der Waals surface area contributed by atoms with E-state index in [1.807, 2.05) is 84.9 Å². The maximum atomic E-state index is 6.57. The summed E-state index contributed by atoms with van der Waals surface area (Å²) in [5.74, 6) is 0.0238. The lowest BCUT2D eigenvalue weighted by Crippen LogP contribution is -1.92. The number of allylic oxidation sites excluding steroid dienone is 2. The first-order valence-electron chi connectivity index (χ1n) is 8.24. The first kappa shape index (κ1) is 18.8. The van der Waals surface area contributed by atoms with Gasteiger partial charge in [-0.3, -0.25) is 0 Å². The minimum atomic E-state index is 0.0238. The van der Waals surface area contributed by atoms with E-state index in [1.165, 1.54) is 0 Å². The first-order chi connectivity index (χ1) is 12.6. The second-order valence-electron chi connectivity index (χ2n) is 5.87. The normalized spacial score (nSPS) is 13.1. The van der Waals surface area contributed by atoms with Crippen molar-refractivity contribution in [2.24, 2.45) is 0 Å². The van der Waals surface area contributed by atoms with Crippen molar-refractivity contribution >= 4 is 45.9 Å². The van der Waals surface area contributed by atoms with Gasteiger partial charge in [0.15, 0.2) is 0 Å². The van der Waals surface area contributed by atoms with Crippen LogP contribution in [0.5, 0.6) is 0 Å². The molecule has 0 aliphatic heterocycles. The standard InChI is InChI=1S/C23H17Cl3/c24-21-12-7-17(8-13-21)6-9-20(18-10-14-22(25)15-11-18)16-23(26)19-4-2-1-3-5-19/h1-16,20H/b9-6+,23-16+. The summed E-state index contributed by atoms with van der Waals surface area (Å²) in [5, 5.41) is 2.15. The molecule has 26 heavy (non-hydrogen) atoms. The van der Waals surface area contributed by atoms with Crippen LogP contribution in [0.4, 0.5) is 0 Å². The summed E-state index contributed by atoms with van der Waals surface area (Å²) in [7, 11) is 0. The zero-order valence-electron chi connectivity index (χ0n) is 13.9. The molecule has 0 saturated heterocycles. The smallest absolute Gasteiger partial charge is 0.0447 e. The lowest BCUT2D eigenvalue weighted by Gasteiger charge is -2.11. The van der Waals surface area contributed by atoms with E-state index >= 15 is 0 Å². The van der Waals surface area contributed by atoms with Gasteiger partial charge in [0.05, 0.1) is 0 Å². The molecular formula is C23H17Cl3. The first-order valence-corrected chi connectivity index (χ1v) is 9.37. The number of hydrogen-bond acceptors (Lipinski definition) is 0. The predicted molar refractivity (Wildman–Crippen MR) is 115 cm³/mol. The Balaban J connectivity index is 1.93. The Labute approximate surface area is 169 Å². The van der Waals surface area contributed by atoms with E-state index in [2.05, 4.69) is 12.2 Å². The van der Waals surface area contributed by atoms with Crippen molar-refractivity contribution in [1.82, 2.24) is 0 Å². The Bertz CT molecular complexity index is 892. The van der Waals surface area contributed by atoms with Crippen molar-refractivity contribution < 1.29 is 0 Å². The van der Waals surface area contributed by atoms with Crippen LogP contribution in [0.25, 0.3) is 11.1 Å². The van der Waals surface area contributed by atoms with Gasteiger partial charge in [-0.05, 0) is 41.0 Å². The van der Waals surface area contributed by atoms with Crippen LogP contribution in [0, 0.1) is 0 Å². The quantitative estimate of drug-likeness (QED) is 0.407. The molecule has 0 heterocycles. The monoisotopic (exact) mass is 398 g/mol. The number of hydrogen-bond donors (Lipinski definition) is 0. The third kappa shape index (κ3) is 5.25. The van der Waals surface area contributed by atoms with Crippen LogP contribution in [0.3, 0.4) is 0 Å². The summed E-state index contributed by atoms with van der Waals surface area (Å²) in [5.41, 5.74) is 3.19. The summed E-state index contributed by atoms with van der Waals surface area (Å²) in [4.78, 5) is 0. The van der Waals surface area contributed by atoms with Crippen LogP contribution in [-0.2, 0) is 0 Å². The summed E-state index contributed by atoms with van der Waals surface area (Å²) in [6, 6.07) is 25.5. The second kappa shape index (κ2) is 9.09. The molecule has 0 amide bonds. The zero-order valence-corrected chi connectivity index (χ0v) is 16.2. The van der Waals surface area contributed by atoms with Crippen LogP contribution in [-0.4, -0.2) is 0 Å². The molecule has 0 fully saturated rings. The fourth-order valence-electron chi connectivity index (χ4n) is 2.59. The minimum Gasteiger partial charge on any atom is -0.0843 e. The van der Waals surface area contributed by atoms with Gasteiger partial charge < -0.3 is 0 Å². The van der Waals surface area contributed by atoms with Crippen molar-refractivity contribution in [3.05, 3.63) is 118 Å². The third-order valence-corrected chi connectivity index (χ3v) is 4.84. The van der Waals surface area contributed by atoms with Crippen molar-refractivity contribution in [1.29, 1.82) is 0 Å². The van der Waals surface area contributed by atoms with Crippen LogP contribution in [0.1, 0.15) is 22.6 Å². The number of halogens is 3. The van der Waals surface area contributed by atoms with Gasteiger partial charge in [0.25, 0.3) is 0 Å². The van der Waals surface area contributed by atoms with Gasteiger partial charge in [0, 0.05) is 21.0 Å². The highest BCUT2D eigenvalue weighted by molar-refractivity contribution is 6.48. The Kier molecular flexibility index (Phi) is 6.57.